The zero-order valence-electron chi connectivity index (χ0n) is 18.6. The molecule has 1 amide bonds. The number of rotatable bonds is 1. The van der Waals surface area contributed by atoms with E-state index in [4.69, 9.17) is 11.3 Å². The Balaban J connectivity index is 2.11. The first-order valence-corrected chi connectivity index (χ1v) is 10.1. The third kappa shape index (κ3) is 4.04. The summed E-state index contributed by atoms with van der Waals surface area (Å²) in [4.78, 5) is 37.0. The summed E-state index contributed by atoms with van der Waals surface area (Å²) in [5, 5.41) is 9.80. The Morgan fingerprint density at radius 2 is 1.97 bits per heavy atom. The lowest BCUT2D eigenvalue weighted by Gasteiger charge is -2.45. The first-order chi connectivity index (χ1) is 14.5. The molecule has 9 heteroatoms. The summed E-state index contributed by atoms with van der Waals surface area (Å²) in [6.45, 7) is 17.3. The van der Waals surface area contributed by atoms with Crippen LogP contribution >= 0.6 is 0 Å². The number of anilines is 1. The van der Waals surface area contributed by atoms with Gasteiger partial charge in [-0.15, -0.1) is 4.98 Å². The topological polar surface area (TPSA) is 95.8 Å². The molecule has 31 heavy (non-hydrogen) atoms. The molecule has 0 saturated carbocycles. The maximum atomic E-state index is 12.9. The summed E-state index contributed by atoms with van der Waals surface area (Å²) in [6.07, 6.45) is -0.394. The van der Waals surface area contributed by atoms with Gasteiger partial charge in [0, 0.05) is 32.2 Å². The van der Waals surface area contributed by atoms with E-state index in [-0.39, 0.29) is 23.5 Å². The number of nitrogens with zero attached hydrogens (tertiary/aromatic N) is 6. The Morgan fingerprint density at radius 1 is 1.29 bits per heavy atom. The fourth-order valence-corrected chi connectivity index (χ4v) is 3.84. The van der Waals surface area contributed by atoms with Crippen LogP contribution in [0.1, 0.15) is 40.2 Å². The molecule has 0 aliphatic carbocycles. The molecule has 1 saturated heterocycles. The van der Waals surface area contributed by atoms with Gasteiger partial charge in [0.15, 0.2) is 0 Å². The molecule has 0 bridgehead atoms. The molecule has 2 aromatic rings. The van der Waals surface area contributed by atoms with E-state index in [1.54, 1.807) is 24.1 Å². The van der Waals surface area contributed by atoms with E-state index < -0.39 is 17.3 Å². The highest BCUT2D eigenvalue weighted by Crippen LogP contribution is 2.33. The number of hydrogen-bond acceptors (Lipinski definition) is 6. The number of nitriles is 1. The average Bonchev–Trinajstić information content (AvgIpc) is 2.70. The van der Waals surface area contributed by atoms with Gasteiger partial charge in [-0.3, -0.25) is 4.79 Å². The highest BCUT2D eigenvalue weighted by molar-refractivity contribution is 5.93. The number of ether oxygens (including phenoxy) is 1. The molecular weight excluding hydrogens is 396 g/mol. The van der Waals surface area contributed by atoms with Crippen molar-refractivity contribution in [3.8, 4) is 6.07 Å². The van der Waals surface area contributed by atoms with Crippen LogP contribution in [0, 0.1) is 17.9 Å². The molecule has 0 spiro atoms. The van der Waals surface area contributed by atoms with Crippen LogP contribution in [0.2, 0.25) is 0 Å². The maximum Gasteiger partial charge on any atom is 0.410 e. The van der Waals surface area contributed by atoms with E-state index in [1.165, 1.54) is 4.57 Å². The number of fused-ring (bicyclic) bond motifs is 1. The Kier molecular flexibility index (Phi) is 5.64. The standard InChI is InChI=1S/C22H26N6O3/c1-13-12-28(21(30)31-22(3,4)5)14(2)11-27(13)19-15(10-23)20(29)26(7)16-8-9-17(24-6)25-18(16)19/h8-9,13-14H,11-12H2,1-5,7H3/t13-,14+/m0/s1. The van der Waals surface area contributed by atoms with E-state index >= 15 is 0 Å². The second-order valence-corrected chi connectivity index (χ2v) is 8.83. The van der Waals surface area contributed by atoms with Crippen LogP contribution in [-0.2, 0) is 11.8 Å². The maximum absolute atomic E-state index is 12.9. The van der Waals surface area contributed by atoms with Crippen LogP contribution in [0.15, 0.2) is 16.9 Å². The Bertz CT molecular complexity index is 1180. The van der Waals surface area contributed by atoms with Gasteiger partial charge in [-0.25, -0.2) is 4.79 Å². The third-order valence-corrected chi connectivity index (χ3v) is 5.33. The molecule has 0 radical (unpaired) electrons. The summed E-state index contributed by atoms with van der Waals surface area (Å²) in [5.74, 6) is 0.185. The zero-order valence-corrected chi connectivity index (χ0v) is 18.6. The molecule has 0 N–H and O–H groups in total. The van der Waals surface area contributed by atoms with Crippen molar-refractivity contribution in [3.63, 3.8) is 0 Å². The van der Waals surface area contributed by atoms with Crippen molar-refractivity contribution < 1.29 is 9.53 Å². The number of hydrogen-bond donors (Lipinski definition) is 0. The minimum Gasteiger partial charge on any atom is -0.444 e. The van der Waals surface area contributed by atoms with E-state index in [9.17, 15) is 14.9 Å². The summed E-state index contributed by atoms with van der Waals surface area (Å²) >= 11 is 0. The molecule has 1 aliphatic heterocycles. The highest BCUT2D eigenvalue weighted by Gasteiger charge is 2.37. The fraction of sp³-hybridized carbons (Fsp3) is 0.500. The molecule has 1 fully saturated rings. The summed E-state index contributed by atoms with van der Waals surface area (Å²) < 4.78 is 6.91. The molecule has 0 unspecified atom stereocenters. The van der Waals surface area contributed by atoms with Gasteiger partial charge in [-0.1, -0.05) is 6.57 Å². The Morgan fingerprint density at radius 3 is 2.55 bits per heavy atom. The van der Waals surface area contributed by atoms with Crippen molar-refractivity contribution >= 4 is 28.6 Å². The predicted molar refractivity (Wildman–Crippen MR) is 117 cm³/mol. The number of aryl methyl sites for hydroxylation is 1. The largest absolute Gasteiger partial charge is 0.444 e. The van der Waals surface area contributed by atoms with Crippen LogP contribution < -0.4 is 10.5 Å². The molecule has 0 aromatic carbocycles. The summed E-state index contributed by atoms with van der Waals surface area (Å²) in [5.41, 5.74) is 0.339. The smallest absolute Gasteiger partial charge is 0.410 e. The van der Waals surface area contributed by atoms with Gasteiger partial charge in [0.25, 0.3) is 11.4 Å². The number of amides is 1. The van der Waals surface area contributed by atoms with E-state index in [0.29, 0.717) is 29.8 Å². The minimum atomic E-state index is -0.604. The van der Waals surface area contributed by atoms with Crippen LogP contribution in [0.3, 0.4) is 0 Å². The molecular formula is C22H26N6O3. The Hall–Kier alpha value is -3.59. The highest BCUT2D eigenvalue weighted by atomic mass is 16.6. The van der Waals surface area contributed by atoms with Crippen LogP contribution in [0.25, 0.3) is 15.9 Å². The molecule has 9 nitrogen and oxygen atoms in total. The van der Waals surface area contributed by atoms with Crippen molar-refractivity contribution in [2.24, 2.45) is 7.05 Å². The van der Waals surface area contributed by atoms with Crippen LogP contribution in [0.4, 0.5) is 16.3 Å². The van der Waals surface area contributed by atoms with Gasteiger partial charge in [-0.05, 0) is 46.8 Å². The molecule has 162 valence electrons. The molecule has 3 heterocycles. The normalized spacial score (nSPS) is 19.1. The van der Waals surface area contributed by atoms with Gasteiger partial charge in [0.05, 0.1) is 5.52 Å². The van der Waals surface area contributed by atoms with Crippen LogP contribution in [0.5, 0.6) is 0 Å². The number of carbonyl (C=O) groups excluding carboxylic acids is 1. The van der Waals surface area contributed by atoms with Crippen molar-refractivity contribution in [1.82, 2.24) is 14.5 Å². The number of aromatic nitrogens is 2. The summed E-state index contributed by atoms with van der Waals surface area (Å²) in [7, 11) is 1.58. The van der Waals surface area contributed by atoms with Crippen molar-refractivity contribution in [1.29, 1.82) is 5.26 Å². The number of piperazine rings is 1. The quantitative estimate of drug-likeness (QED) is 0.655. The van der Waals surface area contributed by atoms with Gasteiger partial charge in [0.1, 0.15) is 22.9 Å². The van der Waals surface area contributed by atoms with Gasteiger partial charge < -0.3 is 23.9 Å². The third-order valence-electron chi connectivity index (χ3n) is 5.33. The lowest BCUT2D eigenvalue weighted by molar-refractivity contribution is 0.0130. The van der Waals surface area contributed by atoms with E-state index in [2.05, 4.69) is 9.83 Å². The van der Waals surface area contributed by atoms with Gasteiger partial charge in [-0.2, -0.15) is 5.26 Å². The monoisotopic (exact) mass is 422 g/mol. The number of carbonyl (C=O) groups is 1. The zero-order chi connectivity index (χ0) is 23.1. The average molecular weight is 422 g/mol. The second-order valence-electron chi connectivity index (χ2n) is 8.83. The summed E-state index contributed by atoms with van der Waals surface area (Å²) in [6, 6.07) is 4.83. The fourth-order valence-electron chi connectivity index (χ4n) is 3.84. The van der Waals surface area contributed by atoms with E-state index in [0.717, 1.165) is 0 Å². The van der Waals surface area contributed by atoms with Crippen molar-refractivity contribution in [2.45, 2.75) is 52.3 Å². The predicted octanol–water partition coefficient (Wildman–Crippen LogP) is 3.19. The first-order valence-electron chi connectivity index (χ1n) is 10.1. The SMILES string of the molecule is [C-]#[N+]c1ccc2c(n1)c(N1C[C@@H](C)N(C(=O)OC(C)(C)C)C[C@@H]1C)c(C#N)c(=O)n2C. The molecule has 3 rings (SSSR count). The Labute approximate surface area is 181 Å². The molecule has 2 atom stereocenters. The van der Waals surface area contributed by atoms with Gasteiger partial charge in [0.2, 0.25) is 5.52 Å². The van der Waals surface area contributed by atoms with Crippen molar-refractivity contribution in [2.75, 3.05) is 18.0 Å². The van der Waals surface area contributed by atoms with Crippen molar-refractivity contribution in [3.05, 3.63) is 39.5 Å². The van der Waals surface area contributed by atoms with Crippen LogP contribution in [-0.4, -0.2) is 51.3 Å². The molecule has 2 aromatic heterocycles. The number of pyridine rings is 2. The molecule has 1 aliphatic rings. The minimum absolute atomic E-state index is 0.0191. The lowest BCUT2D eigenvalue weighted by atomic mass is 10.0. The van der Waals surface area contributed by atoms with E-state index in [1.807, 2.05) is 45.6 Å². The van der Waals surface area contributed by atoms with Gasteiger partial charge >= 0.3 is 6.09 Å². The lowest BCUT2D eigenvalue weighted by Crippen LogP contribution is -2.59. The first kappa shape index (κ1) is 22.1. The second kappa shape index (κ2) is 7.92.